The van der Waals surface area contributed by atoms with Crippen LogP contribution in [-0.2, 0) is 0 Å². The van der Waals surface area contributed by atoms with E-state index in [4.69, 9.17) is 16.3 Å². The van der Waals surface area contributed by atoms with E-state index in [1.807, 2.05) is 0 Å². The minimum atomic E-state index is -3.00. The number of carbonyl (C=O) groups excluding carboxylic acids is 1. The van der Waals surface area contributed by atoms with Crippen LogP contribution in [0, 0.1) is 0 Å². The lowest BCUT2D eigenvalue weighted by atomic mass is 10.2. The Balaban J connectivity index is 2.20. The quantitative estimate of drug-likeness (QED) is 0.852. The SMILES string of the molecule is COc1ccc(NC(=O)c2ccnc(Cl)c2)cc1OC(F)F. The molecule has 2 rings (SSSR count). The van der Waals surface area contributed by atoms with Gasteiger partial charge in [-0.1, -0.05) is 11.6 Å². The fourth-order valence-corrected chi connectivity index (χ4v) is 1.86. The molecule has 1 aromatic carbocycles. The molecule has 1 heterocycles. The summed E-state index contributed by atoms with van der Waals surface area (Å²) >= 11 is 5.70. The van der Waals surface area contributed by atoms with Crippen LogP contribution in [0.3, 0.4) is 0 Å². The first-order valence-electron chi connectivity index (χ1n) is 6.05. The molecule has 0 saturated heterocycles. The summed E-state index contributed by atoms with van der Waals surface area (Å²) in [7, 11) is 1.32. The van der Waals surface area contributed by atoms with Gasteiger partial charge in [-0.05, 0) is 24.3 Å². The predicted molar refractivity (Wildman–Crippen MR) is 76.8 cm³/mol. The Hall–Kier alpha value is -2.41. The second kappa shape index (κ2) is 7.04. The van der Waals surface area contributed by atoms with Gasteiger partial charge in [-0.15, -0.1) is 0 Å². The molecule has 2 aromatic rings. The highest BCUT2D eigenvalue weighted by Crippen LogP contribution is 2.31. The van der Waals surface area contributed by atoms with E-state index in [2.05, 4.69) is 15.0 Å². The van der Waals surface area contributed by atoms with Crippen LogP contribution in [0.15, 0.2) is 36.5 Å². The number of nitrogens with one attached hydrogen (secondary N) is 1. The van der Waals surface area contributed by atoms with Crippen molar-refractivity contribution >= 4 is 23.2 Å². The summed E-state index contributed by atoms with van der Waals surface area (Å²) in [4.78, 5) is 15.8. The molecule has 0 aliphatic carbocycles. The van der Waals surface area contributed by atoms with Gasteiger partial charge in [0, 0.05) is 23.5 Å². The summed E-state index contributed by atoms with van der Waals surface area (Å²) in [5.41, 5.74) is 0.557. The summed E-state index contributed by atoms with van der Waals surface area (Å²) in [5.74, 6) is -0.509. The van der Waals surface area contributed by atoms with Gasteiger partial charge in [-0.25, -0.2) is 4.98 Å². The first kappa shape index (κ1) is 16.0. The Morgan fingerprint density at radius 1 is 1.27 bits per heavy atom. The number of hydrogen-bond donors (Lipinski definition) is 1. The lowest BCUT2D eigenvalue weighted by Gasteiger charge is -2.12. The van der Waals surface area contributed by atoms with Gasteiger partial charge in [0.2, 0.25) is 0 Å². The Labute approximate surface area is 129 Å². The molecule has 1 amide bonds. The van der Waals surface area contributed by atoms with Crippen molar-refractivity contribution in [1.82, 2.24) is 4.98 Å². The summed E-state index contributed by atoms with van der Waals surface area (Å²) < 4.78 is 34.0. The van der Waals surface area contributed by atoms with E-state index in [1.54, 1.807) is 0 Å². The molecule has 0 saturated carbocycles. The van der Waals surface area contributed by atoms with Crippen LogP contribution >= 0.6 is 11.6 Å². The lowest BCUT2D eigenvalue weighted by molar-refractivity contribution is -0.0511. The zero-order valence-electron chi connectivity index (χ0n) is 11.3. The number of ether oxygens (including phenoxy) is 2. The largest absolute Gasteiger partial charge is 0.493 e. The summed E-state index contributed by atoms with van der Waals surface area (Å²) in [6.07, 6.45) is 1.39. The van der Waals surface area contributed by atoms with Crippen LogP contribution in [0.25, 0.3) is 0 Å². The molecule has 116 valence electrons. The highest BCUT2D eigenvalue weighted by molar-refractivity contribution is 6.29. The molecule has 22 heavy (non-hydrogen) atoms. The Kier molecular flexibility index (Phi) is 5.11. The molecular formula is C14H11ClF2N2O3. The van der Waals surface area contributed by atoms with Gasteiger partial charge in [0.1, 0.15) is 5.15 Å². The molecule has 0 unspecified atom stereocenters. The third-order valence-corrected chi connectivity index (χ3v) is 2.83. The molecule has 5 nitrogen and oxygen atoms in total. The first-order chi connectivity index (χ1) is 10.5. The van der Waals surface area contributed by atoms with Crippen molar-refractivity contribution in [2.45, 2.75) is 6.61 Å². The maximum Gasteiger partial charge on any atom is 0.387 e. The zero-order chi connectivity index (χ0) is 16.1. The number of pyridine rings is 1. The smallest absolute Gasteiger partial charge is 0.387 e. The van der Waals surface area contributed by atoms with E-state index in [-0.39, 0.29) is 27.9 Å². The first-order valence-corrected chi connectivity index (χ1v) is 6.43. The van der Waals surface area contributed by atoms with E-state index >= 15 is 0 Å². The van der Waals surface area contributed by atoms with Crippen molar-refractivity contribution in [1.29, 1.82) is 0 Å². The van der Waals surface area contributed by atoms with E-state index in [0.717, 1.165) is 0 Å². The van der Waals surface area contributed by atoms with E-state index in [9.17, 15) is 13.6 Å². The highest BCUT2D eigenvalue weighted by atomic mass is 35.5. The van der Waals surface area contributed by atoms with E-state index in [0.29, 0.717) is 0 Å². The minimum Gasteiger partial charge on any atom is -0.493 e. The van der Waals surface area contributed by atoms with Gasteiger partial charge >= 0.3 is 6.61 Å². The Bertz CT molecular complexity index is 683. The highest BCUT2D eigenvalue weighted by Gasteiger charge is 2.13. The molecule has 1 aromatic heterocycles. The van der Waals surface area contributed by atoms with Gasteiger partial charge in [0.15, 0.2) is 11.5 Å². The van der Waals surface area contributed by atoms with E-state index in [1.165, 1.54) is 43.6 Å². The molecule has 0 aliphatic heterocycles. The third kappa shape index (κ3) is 4.05. The van der Waals surface area contributed by atoms with Crippen molar-refractivity contribution < 1.29 is 23.0 Å². The second-order valence-corrected chi connectivity index (χ2v) is 4.45. The monoisotopic (exact) mass is 328 g/mol. The van der Waals surface area contributed by atoms with Crippen LogP contribution in [0.4, 0.5) is 14.5 Å². The second-order valence-electron chi connectivity index (χ2n) is 4.07. The number of aromatic nitrogens is 1. The summed E-state index contributed by atoms with van der Waals surface area (Å²) in [6, 6.07) is 7.01. The number of benzene rings is 1. The average Bonchev–Trinajstić information content (AvgIpc) is 2.47. The van der Waals surface area contributed by atoms with Gasteiger partial charge in [0.05, 0.1) is 7.11 Å². The number of hydrogen-bond acceptors (Lipinski definition) is 4. The molecule has 0 aliphatic rings. The maximum absolute atomic E-state index is 12.4. The van der Waals surface area contributed by atoms with Gasteiger partial charge in [-0.2, -0.15) is 8.78 Å². The van der Waals surface area contributed by atoms with Crippen LogP contribution in [0.1, 0.15) is 10.4 Å². The van der Waals surface area contributed by atoms with E-state index < -0.39 is 12.5 Å². The molecule has 8 heteroatoms. The predicted octanol–water partition coefficient (Wildman–Crippen LogP) is 3.60. The van der Waals surface area contributed by atoms with Gasteiger partial charge in [-0.3, -0.25) is 4.79 Å². The van der Waals surface area contributed by atoms with Crippen LogP contribution in [0.2, 0.25) is 5.15 Å². The van der Waals surface area contributed by atoms with Crippen LogP contribution in [0.5, 0.6) is 11.5 Å². The molecule has 0 bridgehead atoms. The van der Waals surface area contributed by atoms with Crippen molar-refractivity contribution in [2.24, 2.45) is 0 Å². The minimum absolute atomic E-state index is 0.130. The topological polar surface area (TPSA) is 60.5 Å². The molecule has 0 fully saturated rings. The molecule has 0 radical (unpaired) electrons. The molecule has 0 spiro atoms. The molecule has 0 atom stereocenters. The molecule has 1 N–H and O–H groups in total. The third-order valence-electron chi connectivity index (χ3n) is 2.63. The standard InChI is InChI=1S/C14H11ClF2N2O3/c1-21-10-3-2-9(7-11(10)22-14(16)17)19-13(20)8-4-5-18-12(15)6-8/h2-7,14H,1H3,(H,19,20). The number of rotatable bonds is 5. The maximum atomic E-state index is 12.4. The number of carbonyl (C=O) groups is 1. The number of alkyl halides is 2. The summed E-state index contributed by atoms with van der Waals surface area (Å²) in [6.45, 7) is -3.00. The van der Waals surface area contributed by atoms with Gasteiger partial charge in [0.25, 0.3) is 5.91 Å². The number of halogens is 3. The van der Waals surface area contributed by atoms with Crippen molar-refractivity contribution in [2.75, 3.05) is 12.4 Å². The normalized spacial score (nSPS) is 10.4. The van der Waals surface area contributed by atoms with Crippen LogP contribution < -0.4 is 14.8 Å². The summed E-state index contributed by atoms with van der Waals surface area (Å²) in [5, 5.41) is 2.72. The van der Waals surface area contributed by atoms with Crippen LogP contribution in [-0.4, -0.2) is 24.6 Å². The average molecular weight is 329 g/mol. The Morgan fingerprint density at radius 2 is 2.05 bits per heavy atom. The van der Waals surface area contributed by atoms with Crippen molar-refractivity contribution in [3.8, 4) is 11.5 Å². The fraction of sp³-hybridized carbons (Fsp3) is 0.143. The number of nitrogens with zero attached hydrogens (tertiary/aromatic N) is 1. The van der Waals surface area contributed by atoms with Crippen molar-refractivity contribution in [3.05, 3.63) is 47.2 Å². The number of methoxy groups -OCH3 is 1. The zero-order valence-corrected chi connectivity index (χ0v) is 12.1. The number of amides is 1. The number of anilines is 1. The van der Waals surface area contributed by atoms with Crippen molar-refractivity contribution in [3.63, 3.8) is 0 Å². The molecular weight excluding hydrogens is 318 g/mol. The lowest BCUT2D eigenvalue weighted by Crippen LogP contribution is -2.12. The fourth-order valence-electron chi connectivity index (χ4n) is 1.69. The Morgan fingerprint density at radius 3 is 2.68 bits per heavy atom. The van der Waals surface area contributed by atoms with Gasteiger partial charge < -0.3 is 14.8 Å².